The van der Waals surface area contributed by atoms with Gasteiger partial charge in [-0.25, -0.2) is 0 Å². The van der Waals surface area contributed by atoms with Crippen molar-refractivity contribution in [1.82, 2.24) is 0 Å². The van der Waals surface area contributed by atoms with Crippen LogP contribution in [-0.4, -0.2) is 38.4 Å². The molecule has 4 nitrogen and oxygen atoms in total. The summed E-state index contributed by atoms with van der Waals surface area (Å²) in [7, 11) is 0. The summed E-state index contributed by atoms with van der Waals surface area (Å²) >= 11 is 0. The van der Waals surface area contributed by atoms with E-state index in [2.05, 4.69) is 13.8 Å². The summed E-state index contributed by atoms with van der Waals surface area (Å²) in [4.78, 5) is 12.2. The van der Waals surface area contributed by atoms with E-state index in [1.165, 1.54) is 0 Å². The number of hydrogen-bond donors (Lipinski definition) is 3. The summed E-state index contributed by atoms with van der Waals surface area (Å²) in [5.41, 5.74) is -2.15. The molecule has 8 atom stereocenters. The molecule has 4 heteroatoms. The monoisotopic (exact) mass is 350 g/mol. The molecule has 0 bridgehead atoms. The highest BCUT2D eigenvalue weighted by Gasteiger charge is 2.70. The van der Waals surface area contributed by atoms with E-state index < -0.39 is 17.3 Å². The topological polar surface area (TPSA) is 77.8 Å². The van der Waals surface area contributed by atoms with Crippen LogP contribution in [0.15, 0.2) is 0 Å². The molecule has 4 aliphatic carbocycles. The number of carbonyl (C=O) groups is 1. The van der Waals surface area contributed by atoms with Crippen LogP contribution in [0.4, 0.5) is 0 Å². The molecule has 0 radical (unpaired) electrons. The minimum atomic E-state index is -0.811. The highest BCUT2D eigenvalue weighted by molar-refractivity contribution is 5.80. The molecule has 0 aromatic heterocycles. The summed E-state index contributed by atoms with van der Waals surface area (Å²) in [5.74, 6) is 0.634. The number of fused-ring (bicyclic) bond motifs is 5. The van der Waals surface area contributed by atoms with Gasteiger partial charge in [-0.05, 0) is 75.5 Å². The molecule has 0 unspecified atom stereocenters. The lowest BCUT2D eigenvalue weighted by Crippen LogP contribution is -2.67. The fourth-order valence-corrected chi connectivity index (χ4v) is 7.85. The molecule has 4 rings (SSSR count). The summed E-state index contributed by atoms with van der Waals surface area (Å²) in [5, 5.41) is 33.3. The lowest BCUT2D eigenvalue weighted by molar-refractivity contribution is -0.255. The Morgan fingerprint density at radius 3 is 2.20 bits per heavy atom. The van der Waals surface area contributed by atoms with Crippen molar-refractivity contribution in [3.63, 3.8) is 0 Å². The lowest BCUT2D eigenvalue weighted by atomic mass is 9.42. The third-order valence-corrected chi connectivity index (χ3v) is 9.46. The van der Waals surface area contributed by atoms with Crippen LogP contribution in [0.2, 0.25) is 0 Å². The van der Waals surface area contributed by atoms with Gasteiger partial charge in [0.1, 0.15) is 5.78 Å². The standard InChI is InChI=1S/C21H34O4/c1-13(22)15-7-11-21(25)17-6-10-20(24)12-14(23)4-8-18(20,2)16(17)5-9-19(15,21)3/h14-17,23-25H,4-12H2,1-3H3/t14-,15-,16+,17-,18-,19-,20-,21-/m1/s1. The van der Waals surface area contributed by atoms with Gasteiger partial charge in [0, 0.05) is 17.8 Å². The van der Waals surface area contributed by atoms with Crippen molar-refractivity contribution in [3.8, 4) is 0 Å². The Kier molecular flexibility index (Phi) is 3.80. The van der Waals surface area contributed by atoms with Crippen molar-refractivity contribution in [2.75, 3.05) is 0 Å². The Morgan fingerprint density at radius 1 is 0.880 bits per heavy atom. The second-order valence-electron chi connectivity index (χ2n) is 10.2. The fourth-order valence-electron chi connectivity index (χ4n) is 7.85. The summed E-state index contributed by atoms with van der Waals surface area (Å²) < 4.78 is 0. The van der Waals surface area contributed by atoms with Crippen LogP contribution in [-0.2, 0) is 4.79 Å². The first kappa shape index (κ1) is 17.9. The summed E-state index contributed by atoms with van der Waals surface area (Å²) in [6, 6.07) is 0. The molecular weight excluding hydrogens is 316 g/mol. The van der Waals surface area contributed by atoms with Gasteiger partial charge in [-0.15, -0.1) is 0 Å². The van der Waals surface area contributed by atoms with Crippen molar-refractivity contribution in [2.45, 2.75) is 95.9 Å². The summed E-state index contributed by atoms with van der Waals surface area (Å²) in [6.07, 6.45) is 6.45. The quantitative estimate of drug-likeness (QED) is 0.679. The maximum Gasteiger partial charge on any atom is 0.133 e. The van der Waals surface area contributed by atoms with Gasteiger partial charge in [0.2, 0.25) is 0 Å². The van der Waals surface area contributed by atoms with Gasteiger partial charge in [0.15, 0.2) is 0 Å². The molecule has 4 aliphatic rings. The predicted octanol–water partition coefficient (Wildman–Crippen LogP) is 2.83. The largest absolute Gasteiger partial charge is 0.393 e. The molecule has 0 aliphatic heterocycles. The second kappa shape index (κ2) is 5.30. The minimum absolute atomic E-state index is 0.0276. The third-order valence-electron chi connectivity index (χ3n) is 9.46. The first-order valence-corrected chi connectivity index (χ1v) is 10.2. The molecule has 0 spiro atoms. The molecule has 0 saturated heterocycles. The van der Waals surface area contributed by atoms with Crippen molar-refractivity contribution in [1.29, 1.82) is 0 Å². The van der Waals surface area contributed by atoms with Crippen molar-refractivity contribution < 1.29 is 20.1 Å². The molecule has 0 amide bonds. The molecule has 0 heterocycles. The highest BCUT2D eigenvalue weighted by Crippen LogP contribution is 2.69. The first-order valence-electron chi connectivity index (χ1n) is 10.2. The van der Waals surface area contributed by atoms with E-state index in [-0.39, 0.29) is 34.4 Å². The average Bonchev–Trinajstić information content (AvgIpc) is 2.80. The lowest BCUT2D eigenvalue weighted by Gasteiger charge is -2.65. The molecule has 0 aromatic carbocycles. The van der Waals surface area contributed by atoms with Crippen LogP contribution in [0.25, 0.3) is 0 Å². The number of ketones is 1. The van der Waals surface area contributed by atoms with Crippen LogP contribution in [0, 0.1) is 28.6 Å². The number of hydrogen-bond acceptors (Lipinski definition) is 4. The number of rotatable bonds is 1. The van der Waals surface area contributed by atoms with Gasteiger partial charge in [-0.2, -0.15) is 0 Å². The molecular formula is C21H34O4. The second-order valence-corrected chi connectivity index (χ2v) is 10.2. The van der Waals surface area contributed by atoms with E-state index in [0.717, 1.165) is 38.5 Å². The summed E-state index contributed by atoms with van der Waals surface area (Å²) in [6.45, 7) is 6.01. The van der Waals surface area contributed by atoms with Gasteiger partial charge >= 0.3 is 0 Å². The Balaban J connectivity index is 1.71. The normalized spacial score (nSPS) is 58.2. The fraction of sp³-hybridized carbons (Fsp3) is 0.952. The van der Waals surface area contributed by atoms with Crippen LogP contribution in [0.1, 0.15) is 78.6 Å². The number of Topliss-reactive ketones (excluding diaryl/α,β-unsaturated/α-hetero) is 1. The maximum absolute atomic E-state index is 12.2. The van der Waals surface area contributed by atoms with E-state index in [9.17, 15) is 20.1 Å². The molecule has 0 aromatic rings. The van der Waals surface area contributed by atoms with E-state index in [1.807, 2.05) is 0 Å². The molecule has 3 N–H and O–H groups in total. The van der Waals surface area contributed by atoms with Crippen LogP contribution >= 0.6 is 0 Å². The van der Waals surface area contributed by atoms with Gasteiger partial charge in [-0.1, -0.05) is 13.8 Å². The zero-order chi connectivity index (χ0) is 18.3. The number of aliphatic hydroxyl groups excluding tert-OH is 1. The first-order chi connectivity index (χ1) is 11.6. The SMILES string of the molecule is CC(=O)[C@H]1CC[C@@]2(O)[C@@H]3CC[C@@]4(O)C[C@H](O)CC[C@]4(C)[C@H]3CC[C@]12C. The average molecular weight is 350 g/mol. The predicted molar refractivity (Wildman–Crippen MR) is 94.8 cm³/mol. The minimum Gasteiger partial charge on any atom is -0.393 e. The Labute approximate surface area is 151 Å². The Hall–Kier alpha value is -0.450. The van der Waals surface area contributed by atoms with E-state index in [1.54, 1.807) is 6.92 Å². The molecule has 25 heavy (non-hydrogen) atoms. The molecule has 4 saturated carbocycles. The zero-order valence-corrected chi connectivity index (χ0v) is 15.9. The molecule has 142 valence electrons. The van der Waals surface area contributed by atoms with Crippen molar-refractivity contribution in [2.24, 2.45) is 28.6 Å². The van der Waals surface area contributed by atoms with Gasteiger partial charge in [0.05, 0.1) is 17.3 Å². The Morgan fingerprint density at radius 2 is 1.52 bits per heavy atom. The van der Waals surface area contributed by atoms with Gasteiger partial charge < -0.3 is 15.3 Å². The van der Waals surface area contributed by atoms with Gasteiger partial charge in [-0.3, -0.25) is 4.79 Å². The van der Waals surface area contributed by atoms with E-state index in [0.29, 0.717) is 19.3 Å². The van der Waals surface area contributed by atoms with Gasteiger partial charge in [0.25, 0.3) is 0 Å². The van der Waals surface area contributed by atoms with Crippen LogP contribution in [0.5, 0.6) is 0 Å². The van der Waals surface area contributed by atoms with E-state index in [4.69, 9.17) is 0 Å². The van der Waals surface area contributed by atoms with Crippen molar-refractivity contribution >= 4 is 5.78 Å². The Bertz CT molecular complexity index is 590. The number of carbonyl (C=O) groups excluding carboxylic acids is 1. The smallest absolute Gasteiger partial charge is 0.133 e. The number of aliphatic hydroxyl groups is 3. The van der Waals surface area contributed by atoms with E-state index >= 15 is 0 Å². The van der Waals surface area contributed by atoms with Crippen LogP contribution in [0.3, 0.4) is 0 Å². The molecule has 4 fully saturated rings. The highest BCUT2D eigenvalue weighted by atomic mass is 16.3. The van der Waals surface area contributed by atoms with Crippen LogP contribution < -0.4 is 0 Å². The maximum atomic E-state index is 12.2. The third kappa shape index (κ3) is 2.08. The van der Waals surface area contributed by atoms with Crippen molar-refractivity contribution in [3.05, 3.63) is 0 Å². The zero-order valence-electron chi connectivity index (χ0n) is 15.9.